The monoisotopic (exact) mass is 592 g/mol. The summed E-state index contributed by atoms with van der Waals surface area (Å²) in [4.78, 5) is 29.1. The van der Waals surface area contributed by atoms with Gasteiger partial charge < -0.3 is 22.1 Å². The van der Waals surface area contributed by atoms with Gasteiger partial charge in [-0.25, -0.2) is 13.4 Å². The number of rotatable bonds is 12. The standard InChI is InChI=1S/C25H33BrN6O4S/c1-29-25(34)24(31-18-8-6-17(26)7-9-18)20-14-19(16-4-5-16)22(15-21(20)28)32(37(2,35)36)13-3-12-30-23(33)10-11-27/h6-9,14-16H,3-5,10-13,27-28H2,1-2H3,(H,29,34)(H,30,33). The molecular formula is C25H33BrN6O4S. The first-order valence-electron chi connectivity index (χ1n) is 12.0. The average molecular weight is 594 g/mol. The van der Waals surface area contributed by atoms with Crippen LogP contribution >= 0.6 is 15.9 Å². The largest absolute Gasteiger partial charge is 0.398 e. The molecule has 0 atom stereocenters. The molecule has 2 amide bonds. The van der Waals surface area contributed by atoms with Crippen molar-refractivity contribution in [1.82, 2.24) is 10.6 Å². The van der Waals surface area contributed by atoms with E-state index < -0.39 is 15.9 Å². The van der Waals surface area contributed by atoms with Crippen LogP contribution in [0.3, 0.4) is 0 Å². The zero-order valence-corrected chi connectivity index (χ0v) is 23.4. The molecule has 200 valence electrons. The van der Waals surface area contributed by atoms with Gasteiger partial charge in [0.2, 0.25) is 15.9 Å². The molecule has 12 heteroatoms. The third-order valence-corrected chi connectivity index (χ3v) is 7.59. The van der Waals surface area contributed by atoms with Crippen molar-refractivity contribution in [2.75, 3.05) is 43.0 Å². The van der Waals surface area contributed by atoms with Crippen LogP contribution < -0.4 is 26.4 Å². The van der Waals surface area contributed by atoms with Gasteiger partial charge in [0.1, 0.15) is 5.71 Å². The zero-order valence-electron chi connectivity index (χ0n) is 21.0. The number of nitrogen functional groups attached to an aromatic ring is 1. The second-order valence-electron chi connectivity index (χ2n) is 8.87. The van der Waals surface area contributed by atoms with E-state index in [0.29, 0.717) is 29.9 Å². The number of hydrogen-bond donors (Lipinski definition) is 4. The fourth-order valence-corrected chi connectivity index (χ4v) is 5.14. The molecule has 37 heavy (non-hydrogen) atoms. The molecule has 0 radical (unpaired) electrons. The minimum Gasteiger partial charge on any atom is -0.398 e. The van der Waals surface area contributed by atoms with Gasteiger partial charge >= 0.3 is 0 Å². The van der Waals surface area contributed by atoms with Gasteiger partial charge in [0.15, 0.2) is 0 Å². The number of sulfonamides is 1. The van der Waals surface area contributed by atoms with Crippen LogP contribution in [0.15, 0.2) is 45.9 Å². The molecule has 1 fully saturated rings. The number of carbonyl (C=O) groups is 2. The number of nitrogens with one attached hydrogen (secondary N) is 2. The first kappa shape index (κ1) is 28.6. The van der Waals surface area contributed by atoms with Crippen molar-refractivity contribution in [3.8, 4) is 0 Å². The molecule has 0 heterocycles. The maximum atomic E-state index is 12.8. The summed E-state index contributed by atoms with van der Waals surface area (Å²) in [5.41, 5.74) is 14.5. The molecule has 1 saturated carbocycles. The highest BCUT2D eigenvalue weighted by Gasteiger charge is 2.32. The van der Waals surface area contributed by atoms with Crippen LogP contribution in [0.5, 0.6) is 0 Å². The summed E-state index contributed by atoms with van der Waals surface area (Å²) in [5, 5.41) is 5.36. The van der Waals surface area contributed by atoms with Gasteiger partial charge in [-0.3, -0.25) is 13.9 Å². The molecule has 0 spiro atoms. The van der Waals surface area contributed by atoms with Gasteiger partial charge in [0.25, 0.3) is 5.91 Å². The van der Waals surface area contributed by atoms with Gasteiger partial charge in [-0.1, -0.05) is 15.9 Å². The van der Waals surface area contributed by atoms with Crippen LogP contribution in [0.25, 0.3) is 0 Å². The second-order valence-corrected chi connectivity index (χ2v) is 11.7. The highest BCUT2D eigenvalue weighted by atomic mass is 79.9. The predicted octanol–water partition coefficient (Wildman–Crippen LogP) is 2.40. The molecule has 0 aromatic heterocycles. The Hall–Kier alpha value is -2.96. The number of benzene rings is 2. The number of amides is 2. The molecule has 2 aromatic rings. The number of nitrogens with two attached hydrogens (primary N) is 2. The number of anilines is 2. The van der Waals surface area contributed by atoms with E-state index in [-0.39, 0.29) is 42.7 Å². The van der Waals surface area contributed by atoms with Crippen molar-refractivity contribution in [1.29, 1.82) is 0 Å². The van der Waals surface area contributed by atoms with Crippen LogP contribution in [0, 0.1) is 0 Å². The maximum Gasteiger partial charge on any atom is 0.270 e. The summed E-state index contributed by atoms with van der Waals surface area (Å²) < 4.78 is 27.8. The third-order valence-electron chi connectivity index (χ3n) is 5.88. The third kappa shape index (κ3) is 7.76. The first-order chi connectivity index (χ1) is 17.5. The topological polar surface area (TPSA) is 160 Å². The van der Waals surface area contributed by atoms with Gasteiger partial charge in [0, 0.05) is 48.8 Å². The summed E-state index contributed by atoms with van der Waals surface area (Å²) in [6, 6.07) is 10.6. The Balaban J connectivity index is 2.00. The molecular weight excluding hydrogens is 560 g/mol. The lowest BCUT2D eigenvalue weighted by Gasteiger charge is -2.26. The Labute approximate surface area is 226 Å². The molecule has 10 nitrogen and oxygen atoms in total. The molecule has 0 saturated heterocycles. The average Bonchev–Trinajstić information content (AvgIpc) is 3.68. The normalized spacial score (nSPS) is 13.8. The lowest BCUT2D eigenvalue weighted by Crippen LogP contribution is -2.35. The fraction of sp³-hybridized carbons (Fsp3) is 0.400. The van der Waals surface area contributed by atoms with Crippen molar-refractivity contribution in [2.45, 2.75) is 31.6 Å². The summed E-state index contributed by atoms with van der Waals surface area (Å²) in [6.07, 6.45) is 3.58. The van der Waals surface area contributed by atoms with Crippen LogP contribution in [0.4, 0.5) is 17.1 Å². The Morgan fingerprint density at radius 1 is 1.19 bits per heavy atom. The second kappa shape index (κ2) is 12.5. The van der Waals surface area contributed by atoms with E-state index in [0.717, 1.165) is 29.1 Å². The molecule has 1 aliphatic carbocycles. The van der Waals surface area contributed by atoms with E-state index in [2.05, 4.69) is 31.6 Å². The molecule has 0 bridgehead atoms. The predicted molar refractivity (Wildman–Crippen MR) is 151 cm³/mol. The maximum absolute atomic E-state index is 12.8. The van der Waals surface area contributed by atoms with Gasteiger partial charge in [-0.05, 0) is 67.1 Å². The van der Waals surface area contributed by atoms with E-state index in [1.165, 1.54) is 11.4 Å². The Morgan fingerprint density at radius 3 is 2.43 bits per heavy atom. The van der Waals surface area contributed by atoms with E-state index in [1.807, 2.05) is 12.1 Å². The van der Waals surface area contributed by atoms with Gasteiger partial charge in [-0.2, -0.15) is 0 Å². The summed E-state index contributed by atoms with van der Waals surface area (Å²) in [5.74, 6) is -0.425. The zero-order chi connectivity index (χ0) is 27.2. The highest BCUT2D eigenvalue weighted by Crippen LogP contribution is 2.46. The highest BCUT2D eigenvalue weighted by molar-refractivity contribution is 9.10. The Kier molecular flexibility index (Phi) is 9.68. The van der Waals surface area contributed by atoms with Crippen LogP contribution in [0.2, 0.25) is 0 Å². The number of likely N-dealkylation sites (N-methyl/N-ethyl adjacent to an activating group) is 1. The number of nitrogens with zero attached hydrogens (tertiary/aromatic N) is 2. The minimum absolute atomic E-state index is 0.143. The van der Waals surface area contributed by atoms with Crippen molar-refractivity contribution >= 4 is 60.5 Å². The van der Waals surface area contributed by atoms with Gasteiger partial charge in [-0.15, -0.1) is 0 Å². The molecule has 0 unspecified atom stereocenters. The van der Waals surface area contributed by atoms with Crippen molar-refractivity contribution in [2.24, 2.45) is 10.7 Å². The Morgan fingerprint density at radius 2 is 1.86 bits per heavy atom. The van der Waals surface area contributed by atoms with Crippen molar-refractivity contribution < 1.29 is 18.0 Å². The van der Waals surface area contributed by atoms with E-state index in [1.54, 1.807) is 24.3 Å². The molecule has 2 aromatic carbocycles. The first-order valence-corrected chi connectivity index (χ1v) is 14.6. The van der Waals surface area contributed by atoms with Crippen molar-refractivity contribution in [3.63, 3.8) is 0 Å². The molecule has 3 rings (SSSR count). The van der Waals surface area contributed by atoms with Crippen LogP contribution in [-0.4, -0.2) is 58.9 Å². The van der Waals surface area contributed by atoms with E-state index in [9.17, 15) is 18.0 Å². The fourth-order valence-electron chi connectivity index (χ4n) is 3.89. The number of carbonyl (C=O) groups excluding carboxylic acids is 2. The lowest BCUT2D eigenvalue weighted by molar-refractivity contribution is -0.120. The number of hydrogen-bond acceptors (Lipinski definition) is 7. The summed E-state index contributed by atoms with van der Waals surface area (Å²) in [7, 11) is -2.13. The smallest absolute Gasteiger partial charge is 0.270 e. The molecule has 6 N–H and O–H groups in total. The van der Waals surface area contributed by atoms with Crippen molar-refractivity contribution in [3.05, 3.63) is 52.0 Å². The van der Waals surface area contributed by atoms with E-state index >= 15 is 0 Å². The molecule has 1 aliphatic rings. The van der Waals surface area contributed by atoms with Crippen LogP contribution in [-0.2, 0) is 19.6 Å². The summed E-state index contributed by atoms with van der Waals surface area (Å²) >= 11 is 3.39. The summed E-state index contributed by atoms with van der Waals surface area (Å²) in [6.45, 7) is 0.730. The Bertz CT molecular complexity index is 1280. The molecule has 0 aliphatic heterocycles. The minimum atomic E-state index is -3.65. The van der Waals surface area contributed by atoms with Gasteiger partial charge in [0.05, 0.1) is 17.6 Å². The van der Waals surface area contributed by atoms with E-state index in [4.69, 9.17) is 11.5 Å². The van der Waals surface area contributed by atoms with Crippen LogP contribution in [0.1, 0.15) is 42.7 Å². The lowest BCUT2D eigenvalue weighted by atomic mass is 9.98. The number of aliphatic imine (C=N–C) groups is 1. The number of halogens is 1. The SMILES string of the molecule is CNC(=O)C(=Nc1ccc(Br)cc1)c1cc(C2CC2)c(N(CCCNC(=O)CCN)S(C)(=O)=O)cc1N. The quantitative estimate of drug-likeness (QED) is 0.168.